The van der Waals surface area contributed by atoms with Crippen molar-refractivity contribution in [1.82, 2.24) is 10.3 Å². The number of nitrogens with zero attached hydrogens (tertiary/aromatic N) is 1. The van der Waals surface area contributed by atoms with E-state index in [2.05, 4.69) is 5.43 Å². The summed E-state index contributed by atoms with van der Waals surface area (Å²) in [5.41, 5.74) is 4.25. The Morgan fingerprint density at radius 1 is 1.24 bits per heavy atom. The Hall–Kier alpha value is -2.77. The fourth-order valence-electron chi connectivity index (χ4n) is 2.49. The average molecular weight is 355 g/mol. The van der Waals surface area contributed by atoms with E-state index >= 15 is 0 Å². The molecule has 0 fully saturated rings. The number of carbonyl (C=O) groups excluding carboxylic acids is 2. The first kappa shape index (κ1) is 17.1. The van der Waals surface area contributed by atoms with Gasteiger partial charge in [0.25, 0.3) is 0 Å². The molecule has 2 aromatic rings. The number of urea groups is 1. The Bertz CT molecular complexity index is 795. The molecule has 2 aromatic carbocycles. The van der Waals surface area contributed by atoms with Crippen LogP contribution in [0.3, 0.4) is 0 Å². The molecule has 0 spiro atoms. The van der Waals surface area contributed by atoms with Crippen LogP contribution >= 0.6 is 11.8 Å². The summed E-state index contributed by atoms with van der Waals surface area (Å²) in [5, 5.41) is 1.27. The molecule has 1 aliphatic heterocycles. The van der Waals surface area contributed by atoms with E-state index in [0.29, 0.717) is 18.6 Å². The van der Waals surface area contributed by atoms with Crippen molar-refractivity contribution in [3.05, 3.63) is 76.8 Å². The normalized spacial score (nSPS) is 16.3. The second kappa shape index (κ2) is 7.87. The molecular weight excluding hydrogens is 338 g/mol. The van der Waals surface area contributed by atoms with E-state index in [1.807, 2.05) is 54.6 Å². The van der Waals surface area contributed by atoms with Crippen molar-refractivity contribution in [3.8, 4) is 5.75 Å². The standard InChI is InChI=1S/C18H17N3O3S/c19-20-18(23)21-15(10-22)12-25-17(21)14-7-4-8-16(9-14)24-11-13-5-2-1-3-6-13/h1-10,12,17H,11,19H2,(H,20,23). The van der Waals surface area contributed by atoms with Crippen LogP contribution in [0.1, 0.15) is 16.5 Å². The lowest BCUT2D eigenvalue weighted by molar-refractivity contribution is -0.105. The molecular formula is C18H17N3O3S. The monoisotopic (exact) mass is 355 g/mol. The average Bonchev–Trinajstić information content (AvgIpc) is 3.11. The van der Waals surface area contributed by atoms with Gasteiger partial charge in [-0.2, -0.15) is 0 Å². The lowest BCUT2D eigenvalue weighted by Crippen LogP contribution is -2.42. The summed E-state index contributed by atoms with van der Waals surface area (Å²) in [6.45, 7) is 0.451. The maximum atomic E-state index is 12.0. The SMILES string of the molecule is NNC(=O)N1C(C=O)=CSC1c1cccc(OCc2ccccc2)c1. The van der Waals surface area contributed by atoms with Gasteiger partial charge in [0.15, 0.2) is 6.29 Å². The number of benzene rings is 2. The van der Waals surface area contributed by atoms with Crippen LogP contribution in [0.4, 0.5) is 4.79 Å². The first-order valence-corrected chi connectivity index (χ1v) is 8.54. The van der Waals surface area contributed by atoms with Crippen LogP contribution in [-0.4, -0.2) is 17.2 Å². The van der Waals surface area contributed by atoms with Gasteiger partial charge in [-0.3, -0.25) is 15.1 Å². The Morgan fingerprint density at radius 2 is 2.04 bits per heavy atom. The summed E-state index contributed by atoms with van der Waals surface area (Å²) in [6.07, 6.45) is 0.637. The van der Waals surface area contributed by atoms with Crippen molar-refractivity contribution >= 4 is 24.1 Å². The molecule has 3 N–H and O–H groups in total. The number of amides is 2. The number of hydrogen-bond donors (Lipinski definition) is 2. The van der Waals surface area contributed by atoms with Gasteiger partial charge in [-0.1, -0.05) is 42.5 Å². The third-order valence-electron chi connectivity index (χ3n) is 3.68. The van der Waals surface area contributed by atoms with Crippen LogP contribution in [-0.2, 0) is 11.4 Å². The van der Waals surface area contributed by atoms with Gasteiger partial charge in [-0.05, 0) is 23.3 Å². The predicted octanol–water partition coefficient (Wildman–Crippen LogP) is 2.94. The van der Waals surface area contributed by atoms with Gasteiger partial charge in [-0.25, -0.2) is 10.6 Å². The molecule has 3 rings (SSSR count). The van der Waals surface area contributed by atoms with Crippen LogP contribution in [0.5, 0.6) is 5.75 Å². The van der Waals surface area contributed by atoms with Gasteiger partial charge in [0, 0.05) is 5.41 Å². The summed E-state index contributed by atoms with van der Waals surface area (Å²) >= 11 is 1.36. The van der Waals surface area contributed by atoms with Crippen molar-refractivity contribution < 1.29 is 14.3 Å². The van der Waals surface area contributed by atoms with Crippen molar-refractivity contribution in [3.63, 3.8) is 0 Å². The number of allylic oxidation sites excluding steroid dienone is 1. The third kappa shape index (κ3) is 3.84. The molecule has 7 heteroatoms. The Labute approximate surface area is 149 Å². The summed E-state index contributed by atoms with van der Waals surface area (Å²) in [4.78, 5) is 24.5. The highest BCUT2D eigenvalue weighted by molar-refractivity contribution is 8.02. The van der Waals surface area contributed by atoms with Gasteiger partial charge in [0.1, 0.15) is 17.7 Å². The zero-order valence-electron chi connectivity index (χ0n) is 13.3. The van der Waals surface area contributed by atoms with E-state index in [1.54, 1.807) is 5.41 Å². The number of aldehydes is 1. The number of nitrogens with two attached hydrogens (primary N) is 1. The highest BCUT2D eigenvalue weighted by atomic mass is 32.2. The van der Waals surface area contributed by atoms with Crippen LogP contribution in [0.25, 0.3) is 0 Å². The fourth-order valence-corrected chi connectivity index (χ4v) is 3.57. The summed E-state index contributed by atoms with van der Waals surface area (Å²) < 4.78 is 5.83. The van der Waals surface area contributed by atoms with E-state index < -0.39 is 6.03 Å². The molecule has 0 saturated carbocycles. The molecule has 1 unspecified atom stereocenters. The van der Waals surface area contributed by atoms with E-state index in [9.17, 15) is 9.59 Å². The molecule has 1 aliphatic rings. The smallest absolute Gasteiger partial charge is 0.337 e. The number of ether oxygens (including phenoxy) is 1. The molecule has 25 heavy (non-hydrogen) atoms. The van der Waals surface area contributed by atoms with Crippen molar-refractivity contribution in [2.24, 2.45) is 5.84 Å². The number of hydrogen-bond acceptors (Lipinski definition) is 5. The molecule has 6 nitrogen and oxygen atoms in total. The van der Waals surface area contributed by atoms with Crippen molar-refractivity contribution in [1.29, 1.82) is 0 Å². The second-order valence-corrected chi connectivity index (χ2v) is 6.27. The lowest BCUT2D eigenvalue weighted by Gasteiger charge is -2.25. The molecule has 128 valence electrons. The van der Waals surface area contributed by atoms with E-state index in [1.165, 1.54) is 16.7 Å². The number of nitrogens with one attached hydrogen (secondary N) is 1. The van der Waals surface area contributed by atoms with Gasteiger partial charge in [0.05, 0.1) is 5.70 Å². The topological polar surface area (TPSA) is 84.7 Å². The molecule has 1 heterocycles. The van der Waals surface area contributed by atoms with Gasteiger partial charge >= 0.3 is 6.03 Å². The largest absolute Gasteiger partial charge is 0.489 e. The Balaban J connectivity index is 1.76. The molecule has 1 atom stereocenters. The maximum Gasteiger partial charge on any atom is 0.337 e. The first-order chi connectivity index (χ1) is 12.2. The zero-order valence-corrected chi connectivity index (χ0v) is 14.1. The minimum Gasteiger partial charge on any atom is -0.489 e. The molecule has 0 aromatic heterocycles. The van der Waals surface area contributed by atoms with Gasteiger partial charge in [0.2, 0.25) is 0 Å². The minimum absolute atomic E-state index is 0.272. The first-order valence-electron chi connectivity index (χ1n) is 7.60. The predicted molar refractivity (Wildman–Crippen MR) is 96.3 cm³/mol. The van der Waals surface area contributed by atoms with Crippen LogP contribution in [0.2, 0.25) is 0 Å². The van der Waals surface area contributed by atoms with E-state index in [4.69, 9.17) is 10.6 Å². The number of hydrazine groups is 1. The quantitative estimate of drug-likeness (QED) is 0.373. The summed E-state index contributed by atoms with van der Waals surface area (Å²) in [6, 6.07) is 16.8. The summed E-state index contributed by atoms with van der Waals surface area (Å²) in [5.74, 6) is 5.92. The zero-order chi connectivity index (χ0) is 17.6. The highest BCUT2D eigenvalue weighted by Gasteiger charge is 2.33. The Kier molecular flexibility index (Phi) is 5.37. The second-order valence-electron chi connectivity index (χ2n) is 5.32. The number of carbonyl (C=O) groups is 2. The molecule has 0 aliphatic carbocycles. The molecule has 2 amide bonds. The number of thioether (sulfide) groups is 1. The molecule has 0 saturated heterocycles. The van der Waals surface area contributed by atoms with Crippen LogP contribution < -0.4 is 16.0 Å². The minimum atomic E-state index is -0.538. The van der Waals surface area contributed by atoms with Gasteiger partial charge in [-0.15, -0.1) is 11.8 Å². The molecule has 0 radical (unpaired) electrons. The highest BCUT2D eigenvalue weighted by Crippen LogP contribution is 2.42. The van der Waals surface area contributed by atoms with E-state index in [-0.39, 0.29) is 11.1 Å². The summed E-state index contributed by atoms with van der Waals surface area (Å²) in [7, 11) is 0. The third-order valence-corrected chi connectivity index (χ3v) is 4.80. The van der Waals surface area contributed by atoms with Gasteiger partial charge < -0.3 is 4.74 Å². The van der Waals surface area contributed by atoms with E-state index in [0.717, 1.165) is 11.1 Å². The van der Waals surface area contributed by atoms with Crippen molar-refractivity contribution in [2.45, 2.75) is 12.0 Å². The number of rotatable bonds is 5. The van der Waals surface area contributed by atoms with Crippen LogP contribution in [0, 0.1) is 0 Å². The fraction of sp³-hybridized carbons (Fsp3) is 0.111. The van der Waals surface area contributed by atoms with Crippen LogP contribution in [0.15, 0.2) is 65.7 Å². The molecule has 0 bridgehead atoms. The Morgan fingerprint density at radius 3 is 2.76 bits per heavy atom. The van der Waals surface area contributed by atoms with Crippen molar-refractivity contribution in [2.75, 3.05) is 0 Å². The lowest BCUT2D eigenvalue weighted by atomic mass is 10.2. The maximum absolute atomic E-state index is 12.0.